The predicted molar refractivity (Wildman–Crippen MR) is 118 cm³/mol. The second-order valence-electron chi connectivity index (χ2n) is 6.64. The van der Waals surface area contributed by atoms with Crippen LogP contribution in [0.5, 0.6) is 11.5 Å². The number of nitrogens with one attached hydrogen (secondary N) is 2. The summed E-state index contributed by atoms with van der Waals surface area (Å²) >= 11 is 0. The van der Waals surface area contributed by atoms with E-state index in [-0.39, 0.29) is 24.2 Å². The van der Waals surface area contributed by atoms with Crippen molar-refractivity contribution in [1.29, 1.82) is 0 Å². The summed E-state index contributed by atoms with van der Waals surface area (Å²) in [6, 6.07) is 5.32. The second-order valence-corrected chi connectivity index (χ2v) is 6.64. The average Bonchev–Trinajstić information content (AvgIpc) is 2.78. The molecule has 0 atom stereocenters. The Morgan fingerprint density at radius 3 is 2.10 bits per heavy atom. The monoisotopic (exact) mass is 432 g/mol. The van der Waals surface area contributed by atoms with Crippen LogP contribution in [0.4, 0.5) is 0 Å². The lowest BCUT2D eigenvalue weighted by atomic mass is 10.1. The van der Waals surface area contributed by atoms with Crippen molar-refractivity contribution in [2.45, 2.75) is 32.1 Å². The Morgan fingerprint density at radius 1 is 0.903 bits per heavy atom. The van der Waals surface area contributed by atoms with Crippen LogP contribution < -0.4 is 20.1 Å². The molecule has 8 heteroatoms. The topological polar surface area (TPSA) is 103 Å². The summed E-state index contributed by atoms with van der Waals surface area (Å²) in [4.78, 5) is 34.1. The summed E-state index contributed by atoms with van der Waals surface area (Å²) in [7, 11) is 1.54. The van der Waals surface area contributed by atoms with Crippen LogP contribution in [-0.2, 0) is 25.5 Å². The van der Waals surface area contributed by atoms with E-state index in [1.54, 1.807) is 25.3 Å². The van der Waals surface area contributed by atoms with Crippen molar-refractivity contribution in [3.8, 4) is 11.5 Å². The number of methoxy groups -OCH3 is 1. The molecule has 0 heterocycles. The lowest BCUT2D eigenvalue weighted by molar-refractivity contribution is -0.143. The molecule has 0 aliphatic carbocycles. The van der Waals surface area contributed by atoms with Crippen molar-refractivity contribution in [3.05, 3.63) is 49.1 Å². The molecule has 0 bridgehead atoms. The molecule has 1 aromatic carbocycles. The maximum Gasteiger partial charge on any atom is 0.310 e. The molecule has 0 aliphatic rings. The molecule has 0 unspecified atom stereocenters. The third-order valence-corrected chi connectivity index (χ3v) is 4.21. The van der Waals surface area contributed by atoms with Gasteiger partial charge in [-0.05, 0) is 55.5 Å². The molecule has 0 spiro atoms. The Balaban J connectivity index is 2.32. The summed E-state index contributed by atoms with van der Waals surface area (Å²) in [6.45, 7) is 8.64. The van der Waals surface area contributed by atoms with E-state index in [4.69, 9.17) is 14.2 Å². The Labute approximate surface area is 183 Å². The highest BCUT2D eigenvalue weighted by Crippen LogP contribution is 2.28. The summed E-state index contributed by atoms with van der Waals surface area (Å²) in [6.07, 6.45) is 5.52. The van der Waals surface area contributed by atoms with Crippen LogP contribution in [0, 0.1) is 0 Å². The molecule has 0 saturated carbocycles. The van der Waals surface area contributed by atoms with Gasteiger partial charge in [0.2, 0.25) is 11.8 Å². The van der Waals surface area contributed by atoms with E-state index in [2.05, 4.69) is 23.8 Å². The minimum absolute atomic E-state index is 0.132. The van der Waals surface area contributed by atoms with Crippen molar-refractivity contribution < 1.29 is 28.6 Å². The SMILES string of the molecule is C=CC(=O)NCCCCOC(=O)Cc1ccc(OCCCCNC(=O)C=C)c(OC)c1. The zero-order valence-electron chi connectivity index (χ0n) is 18.1. The van der Waals surface area contributed by atoms with Crippen molar-refractivity contribution >= 4 is 17.8 Å². The van der Waals surface area contributed by atoms with Gasteiger partial charge < -0.3 is 24.8 Å². The molecule has 170 valence electrons. The number of hydrogen-bond donors (Lipinski definition) is 2. The third kappa shape index (κ3) is 11.5. The molecule has 31 heavy (non-hydrogen) atoms. The number of esters is 1. The van der Waals surface area contributed by atoms with Crippen LogP contribution >= 0.6 is 0 Å². The second kappa shape index (κ2) is 15.5. The van der Waals surface area contributed by atoms with Crippen LogP contribution in [0.25, 0.3) is 0 Å². The van der Waals surface area contributed by atoms with Crippen molar-refractivity contribution in [2.75, 3.05) is 33.4 Å². The van der Waals surface area contributed by atoms with Crippen LogP contribution in [0.15, 0.2) is 43.5 Å². The highest BCUT2D eigenvalue weighted by Gasteiger charge is 2.10. The lowest BCUT2D eigenvalue weighted by Gasteiger charge is -2.12. The standard InChI is InChI=1S/C23H32N2O6/c1-4-21(26)24-12-6-8-14-30-19-11-10-18(16-20(19)29-3)17-23(28)31-15-9-7-13-25-22(27)5-2/h4-5,10-11,16H,1-2,6-9,12-15,17H2,3H3,(H,24,26)(H,25,27). The van der Waals surface area contributed by atoms with E-state index >= 15 is 0 Å². The fraction of sp³-hybridized carbons (Fsp3) is 0.435. The Morgan fingerprint density at radius 2 is 1.52 bits per heavy atom. The largest absolute Gasteiger partial charge is 0.493 e. The number of carbonyl (C=O) groups is 3. The molecule has 0 radical (unpaired) electrons. The summed E-state index contributed by atoms with van der Waals surface area (Å²) in [5, 5.41) is 5.38. The highest BCUT2D eigenvalue weighted by atomic mass is 16.5. The highest BCUT2D eigenvalue weighted by molar-refractivity contribution is 5.87. The first-order valence-corrected chi connectivity index (χ1v) is 10.3. The molecule has 0 fully saturated rings. The minimum Gasteiger partial charge on any atom is -0.493 e. The van der Waals surface area contributed by atoms with Crippen LogP contribution in [-0.4, -0.2) is 51.2 Å². The molecule has 0 aliphatic heterocycles. The number of ether oxygens (including phenoxy) is 3. The first kappa shape index (κ1) is 25.7. The van der Waals surface area contributed by atoms with Crippen molar-refractivity contribution in [2.24, 2.45) is 0 Å². The van der Waals surface area contributed by atoms with Gasteiger partial charge in [0.1, 0.15) is 0 Å². The van der Waals surface area contributed by atoms with E-state index in [1.165, 1.54) is 12.2 Å². The normalized spacial score (nSPS) is 9.97. The van der Waals surface area contributed by atoms with Gasteiger partial charge in [0.05, 0.1) is 26.7 Å². The van der Waals surface area contributed by atoms with E-state index in [0.717, 1.165) is 18.4 Å². The number of hydrogen-bond acceptors (Lipinski definition) is 6. The maximum atomic E-state index is 12.0. The fourth-order valence-corrected chi connectivity index (χ4v) is 2.55. The van der Waals surface area contributed by atoms with Gasteiger partial charge in [0, 0.05) is 13.1 Å². The Hall–Kier alpha value is -3.29. The van der Waals surface area contributed by atoms with Gasteiger partial charge in [0.15, 0.2) is 11.5 Å². The van der Waals surface area contributed by atoms with E-state index in [0.29, 0.717) is 50.6 Å². The Kier molecular flexibility index (Phi) is 12.9. The number of carbonyl (C=O) groups excluding carboxylic acids is 3. The van der Waals surface area contributed by atoms with Gasteiger partial charge in [-0.2, -0.15) is 0 Å². The van der Waals surface area contributed by atoms with Crippen molar-refractivity contribution in [3.63, 3.8) is 0 Å². The fourth-order valence-electron chi connectivity index (χ4n) is 2.55. The van der Waals surface area contributed by atoms with E-state index in [9.17, 15) is 14.4 Å². The first-order chi connectivity index (χ1) is 15.0. The molecule has 0 aromatic heterocycles. The first-order valence-electron chi connectivity index (χ1n) is 10.3. The molecule has 0 saturated heterocycles. The van der Waals surface area contributed by atoms with Crippen LogP contribution in [0.2, 0.25) is 0 Å². The van der Waals surface area contributed by atoms with Crippen LogP contribution in [0.3, 0.4) is 0 Å². The Bertz CT molecular complexity index is 748. The molecule has 8 nitrogen and oxygen atoms in total. The zero-order chi connectivity index (χ0) is 22.9. The minimum atomic E-state index is -0.326. The van der Waals surface area contributed by atoms with Crippen molar-refractivity contribution in [1.82, 2.24) is 10.6 Å². The van der Waals surface area contributed by atoms with Crippen LogP contribution in [0.1, 0.15) is 31.2 Å². The average molecular weight is 433 g/mol. The molecule has 1 aromatic rings. The summed E-state index contributed by atoms with van der Waals surface area (Å²) in [5.41, 5.74) is 0.764. The van der Waals surface area contributed by atoms with Gasteiger partial charge in [-0.15, -0.1) is 0 Å². The van der Waals surface area contributed by atoms with E-state index in [1.807, 2.05) is 0 Å². The number of amides is 2. The van der Waals surface area contributed by atoms with Gasteiger partial charge in [-0.25, -0.2) is 0 Å². The smallest absolute Gasteiger partial charge is 0.310 e. The van der Waals surface area contributed by atoms with Gasteiger partial charge >= 0.3 is 5.97 Å². The maximum absolute atomic E-state index is 12.0. The third-order valence-electron chi connectivity index (χ3n) is 4.21. The number of benzene rings is 1. The quantitative estimate of drug-likeness (QED) is 0.236. The lowest BCUT2D eigenvalue weighted by Crippen LogP contribution is -2.22. The molecule has 2 amide bonds. The zero-order valence-corrected chi connectivity index (χ0v) is 18.1. The predicted octanol–water partition coefficient (Wildman–Crippen LogP) is 2.32. The molecular weight excluding hydrogens is 400 g/mol. The van der Waals surface area contributed by atoms with Gasteiger partial charge in [-0.3, -0.25) is 14.4 Å². The van der Waals surface area contributed by atoms with Gasteiger partial charge in [-0.1, -0.05) is 19.2 Å². The number of unbranched alkanes of at least 4 members (excludes halogenated alkanes) is 2. The summed E-state index contributed by atoms with van der Waals surface area (Å²) < 4.78 is 16.3. The van der Waals surface area contributed by atoms with E-state index < -0.39 is 0 Å². The number of rotatable bonds is 16. The molecular formula is C23H32N2O6. The summed E-state index contributed by atoms with van der Waals surface area (Å²) in [5.74, 6) is 0.413. The molecule has 2 N–H and O–H groups in total. The molecule has 1 rings (SSSR count). The van der Waals surface area contributed by atoms with Gasteiger partial charge in [0.25, 0.3) is 0 Å².